The molecule has 1 N–H and O–H groups in total. The van der Waals surface area contributed by atoms with Gasteiger partial charge in [-0.3, -0.25) is 4.79 Å². The Morgan fingerprint density at radius 2 is 2.10 bits per heavy atom. The maximum atomic E-state index is 11.7. The van der Waals surface area contributed by atoms with Crippen molar-refractivity contribution in [3.05, 3.63) is 28.2 Å². The number of nitrogens with one attached hydrogen (secondary N) is 1. The Morgan fingerprint density at radius 3 is 2.81 bits per heavy atom. The molecule has 1 aromatic carbocycles. The number of amides is 1. The normalized spacial score (nSPS) is 15.1. The molecule has 0 aliphatic heterocycles. The van der Waals surface area contributed by atoms with Crippen LogP contribution >= 0.6 is 35.0 Å². The molecule has 1 saturated carbocycles. The van der Waals surface area contributed by atoms with E-state index in [2.05, 4.69) is 5.32 Å². The quantitative estimate of drug-likeness (QED) is 0.752. The molecule has 116 valence electrons. The van der Waals surface area contributed by atoms with Crippen molar-refractivity contribution < 1.29 is 9.53 Å². The van der Waals surface area contributed by atoms with Crippen LogP contribution in [-0.2, 0) is 4.79 Å². The molecule has 0 radical (unpaired) electrons. The minimum absolute atomic E-state index is 0.0323. The van der Waals surface area contributed by atoms with Gasteiger partial charge in [-0.1, -0.05) is 36.0 Å². The standard InChI is InChI=1S/C15H19Cl2NO2S/c16-11-5-6-14(13(17)9-11)20-10-15(19)18-7-8-21-12-3-1-2-4-12/h5-6,9,12H,1-4,7-8,10H2,(H,18,19). The van der Waals surface area contributed by atoms with Gasteiger partial charge < -0.3 is 10.1 Å². The molecular weight excluding hydrogens is 329 g/mol. The fourth-order valence-corrected chi connectivity index (χ4v) is 3.94. The van der Waals surface area contributed by atoms with Crippen LogP contribution in [-0.4, -0.2) is 30.1 Å². The van der Waals surface area contributed by atoms with E-state index < -0.39 is 0 Å². The highest BCUT2D eigenvalue weighted by Gasteiger charge is 2.14. The lowest BCUT2D eigenvalue weighted by atomic mass is 10.3. The number of hydrogen-bond donors (Lipinski definition) is 1. The SMILES string of the molecule is O=C(COc1ccc(Cl)cc1Cl)NCCSC1CCCC1. The number of rotatable bonds is 7. The Morgan fingerprint density at radius 1 is 1.33 bits per heavy atom. The molecule has 1 aliphatic rings. The van der Waals surface area contributed by atoms with Crippen molar-refractivity contribution in [1.82, 2.24) is 5.32 Å². The first kappa shape index (κ1) is 16.8. The summed E-state index contributed by atoms with van der Waals surface area (Å²) in [5, 5.41) is 4.59. The molecule has 0 spiro atoms. The third kappa shape index (κ3) is 5.97. The number of ether oxygens (including phenoxy) is 1. The summed E-state index contributed by atoms with van der Waals surface area (Å²) in [6, 6.07) is 4.93. The van der Waals surface area contributed by atoms with E-state index in [1.54, 1.807) is 18.2 Å². The molecule has 6 heteroatoms. The van der Waals surface area contributed by atoms with E-state index in [1.165, 1.54) is 25.7 Å². The van der Waals surface area contributed by atoms with Crippen LogP contribution in [0.15, 0.2) is 18.2 Å². The lowest BCUT2D eigenvalue weighted by Gasteiger charge is -2.10. The van der Waals surface area contributed by atoms with E-state index >= 15 is 0 Å². The maximum Gasteiger partial charge on any atom is 0.257 e. The maximum absolute atomic E-state index is 11.7. The van der Waals surface area contributed by atoms with Gasteiger partial charge in [0.15, 0.2) is 6.61 Å². The number of benzene rings is 1. The van der Waals surface area contributed by atoms with Crippen LogP contribution in [0.3, 0.4) is 0 Å². The van der Waals surface area contributed by atoms with Gasteiger partial charge in [0.1, 0.15) is 5.75 Å². The fraction of sp³-hybridized carbons (Fsp3) is 0.533. The van der Waals surface area contributed by atoms with E-state index in [0.29, 0.717) is 22.3 Å². The third-order valence-electron chi connectivity index (χ3n) is 3.33. The van der Waals surface area contributed by atoms with Gasteiger partial charge in [-0.25, -0.2) is 0 Å². The molecule has 1 aliphatic carbocycles. The van der Waals surface area contributed by atoms with Gasteiger partial charge >= 0.3 is 0 Å². The first-order valence-electron chi connectivity index (χ1n) is 7.11. The van der Waals surface area contributed by atoms with E-state index in [-0.39, 0.29) is 12.5 Å². The summed E-state index contributed by atoms with van der Waals surface area (Å²) >= 11 is 13.7. The number of hydrogen-bond acceptors (Lipinski definition) is 3. The van der Waals surface area contributed by atoms with Crippen molar-refractivity contribution in [2.45, 2.75) is 30.9 Å². The molecule has 0 bridgehead atoms. The summed E-state index contributed by atoms with van der Waals surface area (Å²) in [5.41, 5.74) is 0. The first-order chi connectivity index (χ1) is 10.1. The molecule has 2 rings (SSSR count). The summed E-state index contributed by atoms with van der Waals surface area (Å²) in [7, 11) is 0. The van der Waals surface area contributed by atoms with Gasteiger partial charge in [-0.05, 0) is 31.0 Å². The summed E-state index contributed by atoms with van der Waals surface area (Å²) in [6.07, 6.45) is 5.33. The van der Waals surface area contributed by atoms with E-state index in [9.17, 15) is 4.79 Å². The summed E-state index contributed by atoms with van der Waals surface area (Å²) in [5.74, 6) is 1.29. The van der Waals surface area contributed by atoms with Crippen molar-refractivity contribution >= 4 is 40.9 Å². The molecule has 0 aromatic heterocycles. The summed E-state index contributed by atoms with van der Waals surface area (Å²) in [6.45, 7) is 0.646. The Balaban J connectivity index is 1.60. The molecule has 1 amide bonds. The number of halogens is 2. The van der Waals surface area contributed by atoms with Gasteiger partial charge in [0.05, 0.1) is 5.02 Å². The van der Waals surface area contributed by atoms with Crippen molar-refractivity contribution in [2.24, 2.45) is 0 Å². The molecular formula is C15H19Cl2NO2S. The van der Waals surface area contributed by atoms with Gasteiger partial charge in [-0.15, -0.1) is 0 Å². The van der Waals surface area contributed by atoms with E-state index in [0.717, 1.165) is 11.0 Å². The summed E-state index contributed by atoms with van der Waals surface area (Å²) in [4.78, 5) is 11.7. The Bertz CT molecular complexity index is 479. The smallest absolute Gasteiger partial charge is 0.257 e. The van der Waals surface area contributed by atoms with Crippen molar-refractivity contribution in [3.63, 3.8) is 0 Å². The largest absolute Gasteiger partial charge is 0.482 e. The van der Waals surface area contributed by atoms with E-state index in [1.807, 2.05) is 11.8 Å². The van der Waals surface area contributed by atoms with Crippen LogP contribution in [0.2, 0.25) is 10.0 Å². The molecule has 0 saturated heterocycles. The average molecular weight is 348 g/mol. The van der Waals surface area contributed by atoms with Crippen molar-refractivity contribution in [1.29, 1.82) is 0 Å². The fourth-order valence-electron chi connectivity index (χ4n) is 2.26. The second kappa shape index (κ2) is 8.76. The zero-order valence-corrected chi connectivity index (χ0v) is 14.1. The van der Waals surface area contributed by atoms with Crippen LogP contribution in [0.1, 0.15) is 25.7 Å². The molecule has 0 unspecified atom stereocenters. The van der Waals surface area contributed by atoms with Gasteiger partial charge in [0, 0.05) is 22.6 Å². The minimum Gasteiger partial charge on any atom is -0.482 e. The topological polar surface area (TPSA) is 38.3 Å². The number of carbonyl (C=O) groups is 1. The Labute approximate surface area is 139 Å². The van der Waals surface area contributed by atoms with Crippen LogP contribution in [0, 0.1) is 0 Å². The lowest BCUT2D eigenvalue weighted by molar-refractivity contribution is -0.122. The second-order valence-corrected chi connectivity index (χ2v) is 7.24. The third-order valence-corrected chi connectivity index (χ3v) is 5.25. The number of carbonyl (C=O) groups excluding carboxylic acids is 1. The van der Waals surface area contributed by atoms with Crippen molar-refractivity contribution in [3.8, 4) is 5.75 Å². The second-order valence-electron chi connectivity index (χ2n) is 4.99. The first-order valence-corrected chi connectivity index (χ1v) is 8.92. The Kier molecular flexibility index (Phi) is 7.00. The van der Waals surface area contributed by atoms with Crippen LogP contribution < -0.4 is 10.1 Å². The Hall–Kier alpha value is -0.580. The zero-order valence-electron chi connectivity index (χ0n) is 11.7. The van der Waals surface area contributed by atoms with Crippen LogP contribution in [0.5, 0.6) is 5.75 Å². The molecule has 21 heavy (non-hydrogen) atoms. The van der Waals surface area contributed by atoms with Crippen molar-refractivity contribution in [2.75, 3.05) is 18.9 Å². The van der Waals surface area contributed by atoms with Crippen LogP contribution in [0.4, 0.5) is 0 Å². The predicted molar refractivity (Wildman–Crippen MR) is 89.7 cm³/mol. The lowest BCUT2D eigenvalue weighted by Crippen LogP contribution is -2.30. The average Bonchev–Trinajstić information content (AvgIpc) is 2.96. The predicted octanol–water partition coefficient (Wildman–Crippen LogP) is 4.16. The molecule has 0 atom stereocenters. The van der Waals surface area contributed by atoms with Gasteiger partial charge in [-0.2, -0.15) is 11.8 Å². The van der Waals surface area contributed by atoms with Gasteiger partial charge in [0.25, 0.3) is 5.91 Å². The highest BCUT2D eigenvalue weighted by Crippen LogP contribution is 2.29. The van der Waals surface area contributed by atoms with Gasteiger partial charge in [0.2, 0.25) is 0 Å². The molecule has 0 heterocycles. The monoisotopic (exact) mass is 347 g/mol. The molecule has 1 aromatic rings. The summed E-state index contributed by atoms with van der Waals surface area (Å²) < 4.78 is 5.37. The molecule has 3 nitrogen and oxygen atoms in total. The number of thioether (sulfide) groups is 1. The zero-order chi connectivity index (χ0) is 15.1. The highest BCUT2D eigenvalue weighted by molar-refractivity contribution is 7.99. The molecule has 1 fully saturated rings. The van der Waals surface area contributed by atoms with E-state index in [4.69, 9.17) is 27.9 Å². The van der Waals surface area contributed by atoms with Crippen LogP contribution in [0.25, 0.3) is 0 Å². The highest BCUT2D eigenvalue weighted by atomic mass is 35.5. The minimum atomic E-state index is -0.131.